The summed E-state index contributed by atoms with van der Waals surface area (Å²) in [7, 11) is 0. The second-order valence-electron chi connectivity index (χ2n) is 5.62. The van der Waals surface area contributed by atoms with Crippen molar-refractivity contribution in [3.63, 3.8) is 0 Å². The van der Waals surface area contributed by atoms with Crippen LogP contribution in [0, 0.1) is 0 Å². The van der Waals surface area contributed by atoms with E-state index in [1.807, 2.05) is 0 Å². The van der Waals surface area contributed by atoms with Gasteiger partial charge in [0.15, 0.2) is 0 Å². The number of aromatic nitrogens is 2. The Labute approximate surface area is 156 Å². The fraction of sp³-hybridized carbons (Fsp3) is 0.412. The minimum atomic E-state index is -0.732. The monoisotopic (exact) mass is 380 g/mol. The lowest BCUT2D eigenvalue weighted by Crippen LogP contribution is -2.41. The molecule has 1 heterocycles. The Hall–Kier alpha value is -1.99. The molecule has 0 radical (unpaired) electrons. The van der Waals surface area contributed by atoms with Crippen LogP contribution in [0.25, 0.3) is 0 Å². The van der Waals surface area contributed by atoms with Crippen molar-refractivity contribution in [3.8, 4) is 0 Å². The van der Waals surface area contributed by atoms with Crippen LogP contribution >= 0.6 is 22.9 Å². The van der Waals surface area contributed by atoms with Gasteiger partial charge in [-0.05, 0) is 31.9 Å². The molecule has 2 amide bonds. The third-order valence-electron chi connectivity index (χ3n) is 3.86. The molecule has 0 aliphatic rings. The molecule has 0 saturated heterocycles. The summed E-state index contributed by atoms with van der Waals surface area (Å²) in [5.74, 6) is -0.406. The van der Waals surface area contributed by atoms with Crippen molar-refractivity contribution in [2.45, 2.75) is 45.6 Å². The first-order valence-corrected chi connectivity index (χ1v) is 9.35. The number of carbonyl (C=O) groups is 2. The van der Waals surface area contributed by atoms with Crippen LogP contribution in [0.3, 0.4) is 0 Å². The van der Waals surface area contributed by atoms with Gasteiger partial charge in [-0.2, -0.15) is 0 Å². The third-order valence-corrected chi connectivity index (χ3v) is 5.20. The predicted octanol–water partition coefficient (Wildman–Crippen LogP) is 3.85. The molecule has 1 aromatic heterocycles. The third kappa shape index (κ3) is 4.99. The lowest BCUT2D eigenvalue weighted by molar-refractivity contribution is -0.117. The Morgan fingerprint density at radius 3 is 2.52 bits per heavy atom. The molecule has 1 aromatic carbocycles. The van der Waals surface area contributed by atoms with Crippen LogP contribution < -0.4 is 10.6 Å². The summed E-state index contributed by atoms with van der Waals surface area (Å²) < 4.78 is 0. The number of anilines is 1. The maximum absolute atomic E-state index is 12.3. The average Bonchev–Trinajstić information content (AvgIpc) is 3.04. The van der Waals surface area contributed by atoms with Crippen molar-refractivity contribution in [2.75, 3.05) is 5.32 Å². The number of hydrogen-bond acceptors (Lipinski definition) is 5. The zero-order valence-corrected chi connectivity index (χ0v) is 15.9. The summed E-state index contributed by atoms with van der Waals surface area (Å²) in [5, 5.41) is 15.2. The zero-order valence-electron chi connectivity index (χ0n) is 14.4. The minimum Gasteiger partial charge on any atom is -0.340 e. The number of amides is 2. The summed E-state index contributed by atoms with van der Waals surface area (Å²) in [6.45, 7) is 5.80. The number of benzene rings is 1. The fourth-order valence-electron chi connectivity index (χ4n) is 2.29. The van der Waals surface area contributed by atoms with Crippen molar-refractivity contribution in [2.24, 2.45) is 0 Å². The second-order valence-corrected chi connectivity index (χ2v) is 7.04. The van der Waals surface area contributed by atoms with E-state index in [-0.39, 0.29) is 5.91 Å². The minimum absolute atomic E-state index is 0.329. The van der Waals surface area contributed by atoms with Crippen LogP contribution in [0.5, 0.6) is 0 Å². The van der Waals surface area contributed by atoms with E-state index in [2.05, 4.69) is 34.7 Å². The van der Waals surface area contributed by atoms with Crippen LogP contribution in [0.4, 0.5) is 5.13 Å². The zero-order chi connectivity index (χ0) is 18.4. The van der Waals surface area contributed by atoms with Gasteiger partial charge in [-0.25, -0.2) is 0 Å². The molecule has 1 unspecified atom stereocenters. The predicted molar refractivity (Wildman–Crippen MR) is 100 cm³/mol. The maximum atomic E-state index is 12.3. The smallest absolute Gasteiger partial charge is 0.253 e. The second kappa shape index (κ2) is 8.92. The molecular formula is C17H21ClN4O2S. The van der Waals surface area contributed by atoms with E-state index in [4.69, 9.17) is 11.6 Å². The summed E-state index contributed by atoms with van der Waals surface area (Å²) >= 11 is 7.36. The summed E-state index contributed by atoms with van der Waals surface area (Å²) in [6, 6.07) is 5.95. The van der Waals surface area contributed by atoms with Crippen LogP contribution in [-0.2, 0) is 4.79 Å². The number of nitrogens with one attached hydrogen (secondary N) is 2. The molecule has 0 fully saturated rings. The molecule has 2 aromatic rings. The van der Waals surface area contributed by atoms with Gasteiger partial charge < -0.3 is 5.32 Å². The van der Waals surface area contributed by atoms with E-state index < -0.39 is 11.9 Å². The molecule has 1 atom stereocenters. The SMILES string of the molecule is CCC(CC)c1nnc(NC(=O)C(C)NC(=O)c2ccccc2Cl)s1. The molecule has 25 heavy (non-hydrogen) atoms. The van der Waals surface area contributed by atoms with Gasteiger partial charge in [-0.1, -0.05) is 48.9 Å². The maximum Gasteiger partial charge on any atom is 0.253 e. The molecule has 0 saturated carbocycles. The summed E-state index contributed by atoms with van der Waals surface area (Å²) in [4.78, 5) is 24.5. The molecule has 2 N–H and O–H groups in total. The molecule has 6 nitrogen and oxygen atoms in total. The molecule has 0 spiro atoms. The van der Waals surface area contributed by atoms with Crippen molar-refractivity contribution in [1.82, 2.24) is 15.5 Å². The average molecular weight is 381 g/mol. The Morgan fingerprint density at radius 2 is 1.88 bits per heavy atom. The van der Waals surface area contributed by atoms with Crippen molar-refractivity contribution in [3.05, 3.63) is 39.9 Å². The highest BCUT2D eigenvalue weighted by molar-refractivity contribution is 7.15. The van der Waals surface area contributed by atoms with Crippen LogP contribution in [0.15, 0.2) is 24.3 Å². The van der Waals surface area contributed by atoms with Crippen molar-refractivity contribution >= 4 is 39.9 Å². The fourth-order valence-corrected chi connectivity index (χ4v) is 3.52. The van der Waals surface area contributed by atoms with Gasteiger partial charge in [0, 0.05) is 5.92 Å². The lowest BCUT2D eigenvalue weighted by atomic mass is 10.1. The highest BCUT2D eigenvalue weighted by Crippen LogP contribution is 2.28. The van der Waals surface area contributed by atoms with E-state index in [9.17, 15) is 9.59 Å². The van der Waals surface area contributed by atoms with Gasteiger partial charge >= 0.3 is 0 Å². The Bertz CT molecular complexity index is 746. The summed E-state index contributed by atoms with van der Waals surface area (Å²) in [5.41, 5.74) is 0.329. The number of hydrogen-bond donors (Lipinski definition) is 2. The molecule has 134 valence electrons. The first-order valence-electron chi connectivity index (χ1n) is 8.15. The highest BCUT2D eigenvalue weighted by atomic mass is 35.5. The molecule has 0 aliphatic heterocycles. The van der Waals surface area contributed by atoms with E-state index in [0.717, 1.165) is 17.8 Å². The highest BCUT2D eigenvalue weighted by Gasteiger charge is 2.20. The van der Waals surface area contributed by atoms with Crippen molar-refractivity contribution < 1.29 is 9.59 Å². The van der Waals surface area contributed by atoms with Crippen LogP contribution in [0.1, 0.15) is 54.9 Å². The first kappa shape index (κ1) is 19.3. The van der Waals surface area contributed by atoms with E-state index >= 15 is 0 Å². The van der Waals surface area contributed by atoms with Gasteiger partial charge in [0.25, 0.3) is 5.91 Å². The molecule has 0 aliphatic carbocycles. The Kier molecular flexibility index (Phi) is 6.90. The summed E-state index contributed by atoms with van der Waals surface area (Å²) in [6.07, 6.45) is 1.95. The van der Waals surface area contributed by atoms with Gasteiger partial charge in [-0.15, -0.1) is 10.2 Å². The normalized spacial score (nSPS) is 12.0. The van der Waals surface area contributed by atoms with Gasteiger partial charge in [0.2, 0.25) is 11.0 Å². The van der Waals surface area contributed by atoms with Crippen LogP contribution in [0.2, 0.25) is 5.02 Å². The quantitative estimate of drug-likeness (QED) is 0.764. The van der Waals surface area contributed by atoms with E-state index in [1.165, 1.54) is 11.3 Å². The number of nitrogens with zero attached hydrogens (tertiary/aromatic N) is 2. The van der Waals surface area contributed by atoms with Gasteiger partial charge in [0.1, 0.15) is 11.0 Å². The van der Waals surface area contributed by atoms with Crippen molar-refractivity contribution in [1.29, 1.82) is 0 Å². The molecular weight excluding hydrogens is 360 g/mol. The van der Waals surface area contributed by atoms with E-state index in [1.54, 1.807) is 31.2 Å². The van der Waals surface area contributed by atoms with Gasteiger partial charge in [0.05, 0.1) is 10.6 Å². The number of carbonyl (C=O) groups excluding carboxylic acids is 2. The topological polar surface area (TPSA) is 84.0 Å². The van der Waals surface area contributed by atoms with E-state index in [0.29, 0.717) is 21.6 Å². The Morgan fingerprint density at radius 1 is 1.20 bits per heavy atom. The lowest BCUT2D eigenvalue weighted by Gasteiger charge is -2.13. The largest absolute Gasteiger partial charge is 0.340 e. The van der Waals surface area contributed by atoms with Crippen LogP contribution in [-0.4, -0.2) is 28.1 Å². The number of rotatable bonds is 7. The van der Waals surface area contributed by atoms with Gasteiger partial charge in [-0.3, -0.25) is 14.9 Å². The molecule has 8 heteroatoms. The standard InChI is InChI=1S/C17H21ClN4O2S/c1-4-11(5-2)16-21-22-17(25-16)20-14(23)10(3)19-15(24)12-8-6-7-9-13(12)18/h6-11H,4-5H2,1-3H3,(H,19,24)(H,20,22,23). The number of halogens is 1. The first-order chi connectivity index (χ1) is 12.0. The Balaban J connectivity index is 1.96. The molecule has 2 rings (SSSR count). The molecule has 0 bridgehead atoms.